The van der Waals surface area contributed by atoms with E-state index in [1.807, 2.05) is 43.1 Å². The molecule has 1 atom stereocenters. The fourth-order valence-corrected chi connectivity index (χ4v) is 2.14. The van der Waals surface area contributed by atoms with Crippen LogP contribution in [0, 0.1) is 6.92 Å². The Morgan fingerprint density at radius 1 is 1.44 bits per heavy atom. The van der Waals surface area contributed by atoms with Gasteiger partial charge in [-0.3, -0.25) is 4.79 Å². The summed E-state index contributed by atoms with van der Waals surface area (Å²) in [4.78, 5) is 14.1. The maximum Gasteiger partial charge on any atom is 0.254 e. The van der Waals surface area contributed by atoms with Gasteiger partial charge in [-0.2, -0.15) is 0 Å². The van der Waals surface area contributed by atoms with E-state index in [1.54, 1.807) is 0 Å². The molecule has 1 fully saturated rings. The van der Waals surface area contributed by atoms with Crippen LogP contribution in [-0.4, -0.2) is 37.0 Å². The molecule has 2 rings (SSSR count). The van der Waals surface area contributed by atoms with Gasteiger partial charge in [0.2, 0.25) is 0 Å². The van der Waals surface area contributed by atoms with E-state index in [0.29, 0.717) is 6.04 Å². The molecule has 1 unspecified atom stereocenters. The molecular weight excluding hydrogens is 200 g/mol. The fourth-order valence-electron chi connectivity index (χ4n) is 2.14. The number of rotatable bonds is 2. The van der Waals surface area contributed by atoms with Gasteiger partial charge in [-0.15, -0.1) is 0 Å². The van der Waals surface area contributed by atoms with Crippen LogP contribution in [0.5, 0.6) is 0 Å². The summed E-state index contributed by atoms with van der Waals surface area (Å²) in [6.45, 7) is 3.90. The van der Waals surface area contributed by atoms with Crippen molar-refractivity contribution < 1.29 is 4.79 Å². The number of likely N-dealkylation sites (N-methyl/N-ethyl adjacent to an activating group) is 1. The van der Waals surface area contributed by atoms with Gasteiger partial charge in [-0.1, -0.05) is 18.2 Å². The highest BCUT2D eigenvalue weighted by molar-refractivity contribution is 5.95. The Balaban J connectivity index is 2.15. The first-order valence-electron chi connectivity index (χ1n) is 5.73. The van der Waals surface area contributed by atoms with Gasteiger partial charge in [0.1, 0.15) is 0 Å². The summed E-state index contributed by atoms with van der Waals surface area (Å²) in [6, 6.07) is 8.10. The Labute approximate surface area is 96.5 Å². The number of carbonyl (C=O) groups is 1. The molecule has 1 aliphatic rings. The molecule has 0 saturated carbocycles. The van der Waals surface area contributed by atoms with Gasteiger partial charge in [-0.05, 0) is 31.5 Å². The molecular formula is C13H18N2O. The largest absolute Gasteiger partial charge is 0.337 e. The van der Waals surface area contributed by atoms with E-state index in [-0.39, 0.29) is 5.91 Å². The van der Waals surface area contributed by atoms with Crippen molar-refractivity contribution in [2.24, 2.45) is 0 Å². The monoisotopic (exact) mass is 218 g/mol. The topological polar surface area (TPSA) is 32.3 Å². The lowest BCUT2D eigenvalue weighted by atomic mass is 10.1. The van der Waals surface area contributed by atoms with Crippen molar-refractivity contribution in [2.75, 3.05) is 20.1 Å². The van der Waals surface area contributed by atoms with E-state index < -0.39 is 0 Å². The maximum atomic E-state index is 12.3. The van der Waals surface area contributed by atoms with Crippen LogP contribution in [0.2, 0.25) is 0 Å². The molecule has 0 spiro atoms. The van der Waals surface area contributed by atoms with Gasteiger partial charge < -0.3 is 10.2 Å². The molecule has 1 N–H and O–H groups in total. The molecule has 1 aromatic rings. The third kappa shape index (κ3) is 2.09. The van der Waals surface area contributed by atoms with Gasteiger partial charge >= 0.3 is 0 Å². The average Bonchev–Trinajstić information content (AvgIpc) is 2.81. The second-order valence-corrected chi connectivity index (χ2v) is 4.38. The minimum Gasteiger partial charge on any atom is -0.337 e. The Bertz CT molecular complexity index is 383. The Hall–Kier alpha value is -1.35. The molecule has 16 heavy (non-hydrogen) atoms. The lowest BCUT2D eigenvalue weighted by Gasteiger charge is -2.24. The second kappa shape index (κ2) is 4.66. The van der Waals surface area contributed by atoms with E-state index in [0.717, 1.165) is 30.6 Å². The van der Waals surface area contributed by atoms with Crippen molar-refractivity contribution in [3.05, 3.63) is 35.4 Å². The zero-order chi connectivity index (χ0) is 11.5. The minimum absolute atomic E-state index is 0.131. The van der Waals surface area contributed by atoms with E-state index in [1.165, 1.54) is 0 Å². The number of amides is 1. The number of nitrogens with zero attached hydrogens (tertiary/aromatic N) is 1. The molecule has 0 bridgehead atoms. The first-order valence-corrected chi connectivity index (χ1v) is 5.73. The molecule has 86 valence electrons. The zero-order valence-electron chi connectivity index (χ0n) is 9.86. The third-order valence-electron chi connectivity index (χ3n) is 3.28. The lowest BCUT2D eigenvalue weighted by Crippen LogP contribution is -2.38. The molecule has 0 radical (unpaired) electrons. The average molecular weight is 218 g/mol. The van der Waals surface area contributed by atoms with E-state index >= 15 is 0 Å². The molecule has 0 aromatic heterocycles. The summed E-state index contributed by atoms with van der Waals surface area (Å²) >= 11 is 0. The first-order chi connectivity index (χ1) is 7.70. The summed E-state index contributed by atoms with van der Waals surface area (Å²) in [5, 5.41) is 3.28. The summed E-state index contributed by atoms with van der Waals surface area (Å²) < 4.78 is 0. The number of hydrogen-bond acceptors (Lipinski definition) is 2. The van der Waals surface area contributed by atoms with Gasteiger partial charge in [0.05, 0.1) is 0 Å². The van der Waals surface area contributed by atoms with Gasteiger partial charge in [-0.25, -0.2) is 0 Å². The van der Waals surface area contributed by atoms with Crippen LogP contribution >= 0.6 is 0 Å². The third-order valence-corrected chi connectivity index (χ3v) is 3.28. The second-order valence-electron chi connectivity index (χ2n) is 4.38. The summed E-state index contributed by atoms with van der Waals surface area (Å²) in [7, 11) is 1.90. The van der Waals surface area contributed by atoms with Crippen LogP contribution < -0.4 is 5.32 Å². The number of carbonyl (C=O) groups excluding carboxylic acids is 1. The van der Waals surface area contributed by atoms with Crippen LogP contribution in [0.25, 0.3) is 0 Å². The van der Waals surface area contributed by atoms with Crippen molar-refractivity contribution in [3.8, 4) is 0 Å². The van der Waals surface area contributed by atoms with E-state index in [4.69, 9.17) is 0 Å². The minimum atomic E-state index is 0.131. The Morgan fingerprint density at radius 2 is 2.19 bits per heavy atom. The van der Waals surface area contributed by atoms with Crippen LogP contribution in [0.1, 0.15) is 22.3 Å². The summed E-state index contributed by atoms with van der Waals surface area (Å²) in [5.41, 5.74) is 1.86. The molecule has 1 amide bonds. The van der Waals surface area contributed by atoms with Crippen LogP contribution in [-0.2, 0) is 0 Å². The highest BCUT2D eigenvalue weighted by Crippen LogP contribution is 2.14. The van der Waals surface area contributed by atoms with Gasteiger partial charge in [0.15, 0.2) is 0 Å². The number of nitrogens with one attached hydrogen (secondary N) is 1. The summed E-state index contributed by atoms with van der Waals surface area (Å²) in [6.07, 6.45) is 1.05. The van der Waals surface area contributed by atoms with Gasteiger partial charge in [0.25, 0.3) is 5.91 Å². The van der Waals surface area contributed by atoms with Crippen LogP contribution in [0.15, 0.2) is 24.3 Å². The van der Waals surface area contributed by atoms with E-state index in [2.05, 4.69) is 5.32 Å². The van der Waals surface area contributed by atoms with Gasteiger partial charge in [0, 0.05) is 25.2 Å². The van der Waals surface area contributed by atoms with Crippen molar-refractivity contribution in [3.63, 3.8) is 0 Å². The summed E-state index contributed by atoms with van der Waals surface area (Å²) in [5.74, 6) is 0.131. The molecule has 1 saturated heterocycles. The molecule has 3 nitrogen and oxygen atoms in total. The first kappa shape index (κ1) is 11.1. The predicted octanol–water partition coefficient (Wildman–Crippen LogP) is 1.43. The number of aryl methyl sites for hydroxylation is 1. The highest BCUT2D eigenvalue weighted by Gasteiger charge is 2.24. The number of benzene rings is 1. The molecule has 1 aliphatic heterocycles. The molecule has 1 aromatic carbocycles. The maximum absolute atomic E-state index is 12.3. The smallest absolute Gasteiger partial charge is 0.254 e. The SMILES string of the molecule is Cc1ccccc1C(=O)N(C)C1CCNC1. The van der Waals surface area contributed by atoms with Crippen molar-refractivity contribution in [1.82, 2.24) is 10.2 Å². The van der Waals surface area contributed by atoms with Crippen molar-refractivity contribution in [1.29, 1.82) is 0 Å². The van der Waals surface area contributed by atoms with E-state index in [9.17, 15) is 4.79 Å². The van der Waals surface area contributed by atoms with Crippen molar-refractivity contribution in [2.45, 2.75) is 19.4 Å². The molecule has 0 aliphatic carbocycles. The Morgan fingerprint density at radius 3 is 2.81 bits per heavy atom. The predicted molar refractivity (Wildman–Crippen MR) is 64.5 cm³/mol. The van der Waals surface area contributed by atoms with Crippen LogP contribution in [0.4, 0.5) is 0 Å². The fraction of sp³-hybridized carbons (Fsp3) is 0.462. The van der Waals surface area contributed by atoms with Crippen molar-refractivity contribution >= 4 is 5.91 Å². The van der Waals surface area contributed by atoms with Crippen LogP contribution in [0.3, 0.4) is 0 Å². The lowest BCUT2D eigenvalue weighted by molar-refractivity contribution is 0.0743. The highest BCUT2D eigenvalue weighted by atomic mass is 16.2. The Kier molecular flexibility index (Phi) is 3.25. The standard InChI is InChI=1S/C13H18N2O/c1-10-5-3-4-6-12(10)13(16)15(2)11-7-8-14-9-11/h3-6,11,14H,7-9H2,1-2H3. The normalized spacial score (nSPS) is 19.8. The zero-order valence-corrected chi connectivity index (χ0v) is 9.86. The molecule has 3 heteroatoms. The quantitative estimate of drug-likeness (QED) is 0.814. The molecule has 1 heterocycles. The number of hydrogen-bond donors (Lipinski definition) is 1.